The summed E-state index contributed by atoms with van der Waals surface area (Å²) in [7, 11) is 1.60. The van der Waals surface area contributed by atoms with E-state index in [0.717, 1.165) is 11.1 Å². The van der Waals surface area contributed by atoms with E-state index in [1.807, 2.05) is 36.4 Å². The molecule has 0 spiro atoms. The molecule has 1 N–H and O–H groups in total. The second kappa shape index (κ2) is 7.90. The second-order valence-corrected chi connectivity index (χ2v) is 6.98. The van der Waals surface area contributed by atoms with Crippen LogP contribution in [0.15, 0.2) is 53.1 Å². The standard InChI is InChI=1S/C20H19ClN4O3/c1-27-17-5-3-2-4-16(17)18-23-19(28-24-18)14-11-25(12-14)20(26)22-10-13-6-8-15(21)9-7-13/h2-9,14H,10-12H2,1H3,(H,22,26). The first-order valence-electron chi connectivity index (χ1n) is 8.88. The van der Waals surface area contributed by atoms with E-state index in [9.17, 15) is 4.79 Å². The molecule has 4 rings (SSSR count). The van der Waals surface area contributed by atoms with Gasteiger partial charge in [0.2, 0.25) is 11.7 Å². The van der Waals surface area contributed by atoms with Gasteiger partial charge >= 0.3 is 6.03 Å². The number of nitrogens with one attached hydrogen (secondary N) is 1. The van der Waals surface area contributed by atoms with Gasteiger partial charge in [0.25, 0.3) is 0 Å². The van der Waals surface area contributed by atoms with E-state index in [4.69, 9.17) is 20.9 Å². The van der Waals surface area contributed by atoms with Gasteiger partial charge in [0, 0.05) is 24.7 Å². The smallest absolute Gasteiger partial charge is 0.317 e. The number of likely N-dealkylation sites (tertiary alicyclic amines) is 1. The third-order valence-electron chi connectivity index (χ3n) is 4.66. The maximum atomic E-state index is 12.3. The summed E-state index contributed by atoms with van der Waals surface area (Å²) in [4.78, 5) is 18.5. The van der Waals surface area contributed by atoms with Gasteiger partial charge in [-0.3, -0.25) is 0 Å². The molecule has 0 saturated carbocycles. The molecule has 1 aliphatic rings. The van der Waals surface area contributed by atoms with Crippen molar-refractivity contribution in [2.45, 2.75) is 12.5 Å². The van der Waals surface area contributed by atoms with Crippen LogP contribution in [0.3, 0.4) is 0 Å². The average molecular weight is 399 g/mol. The summed E-state index contributed by atoms with van der Waals surface area (Å²) in [5.41, 5.74) is 1.77. The summed E-state index contributed by atoms with van der Waals surface area (Å²) in [6.45, 7) is 1.54. The Morgan fingerprint density at radius 2 is 2.00 bits per heavy atom. The number of nitrogens with zero attached hydrogens (tertiary/aromatic N) is 3. The zero-order valence-electron chi connectivity index (χ0n) is 15.3. The molecule has 7 nitrogen and oxygen atoms in total. The van der Waals surface area contributed by atoms with Crippen molar-refractivity contribution in [3.8, 4) is 17.1 Å². The molecular weight excluding hydrogens is 380 g/mol. The Balaban J connectivity index is 1.32. The van der Waals surface area contributed by atoms with Gasteiger partial charge in [0.1, 0.15) is 5.75 Å². The summed E-state index contributed by atoms with van der Waals surface area (Å²) in [6, 6.07) is 14.8. The first-order chi connectivity index (χ1) is 13.6. The molecule has 2 aromatic carbocycles. The van der Waals surface area contributed by atoms with Crippen molar-refractivity contribution in [3.05, 3.63) is 65.0 Å². The van der Waals surface area contributed by atoms with Crippen LogP contribution in [0.5, 0.6) is 5.75 Å². The van der Waals surface area contributed by atoms with E-state index in [0.29, 0.717) is 42.1 Å². The Bertz CT molecular complexity index is 968. The summed E-state index contributed by atoms with van der Waals surface area (Å²) >= 11 is 5.87. The van der Waals surface area contributed by atoms with E-state index in [1.54, 1.807) is 24.1 Å². The number of methoxy groups -OCH3 is 1. The average Bonchev–Trinajstić information content (AvgIpc) is 3.16. The topological polar surface area (TPSA) is 80.5 Å². The third kappa shape index (κ3) is 3.80. The number of hydrogen-bond acceptors (Lipinski definition) is 5. The van der Waals surface area contributed by atoms with Crippen molar-refractivity contribution < 1.29 is 14.1 Å². The van der Waals surface area contributed by atoms with Gasteiger partial charge in [-0.2, -0.15) is 4.98 Å². The number of aromatic nitrogens is 2. The fourth-order valence-electron chi connectivity index (χ4n) is 3.03. The zero-order valence-corrected chi connectivity index (χ0v) is 16.0. The van der Waals surface area contributed by atoms with Gasteiger partial charge in [-0.05, 0) is 29.8 Å². The van der Waals surface area contributed by atoms with Crippen molar-refractivity contribution in [2.75, 3.05) is 20.2 Å². The van der Waals surface area contributed by atoms with Gasteiger partial charge in [0.15, 0.2) is 0 Å². The van der Waals surface area contributed by atoms with Crippen molar-refractivity contribution in [1.29, 1.82) is 0 Å². The van der Waals surface area contributed by atoms with Crippen molar-refractivity contribution in [1.82, 2.24) is 20.4 Å². The lowest BCUT2D eigenvalue weighted by molar-refractivity contribution is 0.136. The Labute approximate surface area is 167 Å². The van der Waals surface area contributed by atoms with Crippen LogP contribution >= 0.6 is 11.6 Å². The summed E-state index contributed by atoms with van der Waals surface area (Å²) in [5, 5.41) is 7.63. The molecule has 0 bridgehead atoms. The number of para-hydroxylation sites is 1. The minimum Gasteiger partial charge on any atom is -0.496 e. The monoisotopic (exact) mass is 398 g/mol. The highest BCUT2D eigenvalue weighted by atomic mass is 35.5. The van der Waals surface area contributed by atoms with Gasteiger partial charge < -0.3 is 19.5 Å². The van der Waals surface area contributed by atoms with E-state index in [-0.39, 0.29) is 11.9 Å². The van der Waals surface area contributed by atoms with Crippen LogP contribution in [0.4, 0.5) is 4.79 Å². The molecule has 1 aromatic heterocycles. The normalized spacial score (nSPS) is 13.9. The number of halogens is 1. The maximum absolute atomic E-state index is 12.3. The predicted octanol–water partition coefficient (Wildman–Crippen LogP) is 3.71. The third-order valence-corrected chi connectivity index (χ3v) is 4.92. The quantitative estimate of drug-likeness (QED) is 0.708. The van der Waals surface area contributed by atoms with Gasteiger partial charge in [-0.15, -0.1) is 0 Å². The number of benzene rings is 2. The van der Waals surface area contributed by atoms with Crippen LogP contribution in [0.25, 0.3) is 11.4 Å². The second-order valence-electron chi connectivity index (χ2n) is 6.54. The molecule has 0 atom stereocenters. The Hall–Kier alpha value is -3.06. The molecule has 1 saturated heterocycles. The summed E-state index contributed by atoms with van der Waals surface area (Å²) in [6.07, 6.45) is 0. The van der Waals surface area contributed by atoms with E-state index in [1.165, 1.54) is 0 Å². The highest BCUT2D eigenvalue weighted by molar-refractivity contribution is 6.30. The molecule has 2 heterocycles. The molecular formula is C20H19ClN4O3. The van der Waals surface area contributed by atoms with E-state index in [2.05, 4.69) is 15.5 Å². The van der Waals surface area contributed by atoms with Crippen LogP contribution in [0.2, 0.25) is 5.02 Å². The summed E-state index contributed by atoms with van der Waals surface area (Å²) < 4.78 is 10.7. The van der Waals surface area contributed by atoms with Crippen LogP contribution in [-0.4, -0.2) is 41.3 Å². The van der Waals surface area contributed by atoms with Gasteiger partial charge in [-0.25, -0.2) is 4.79 Å². The number of amides is 2. The Kier molecular flexibility index (Phi) is 5.16. The number of carbonyl (C=O) groups excluding carboxylic acids is 1. The zero-order chi connectivity index (χ0) is 19.5. The highest BCUT2D eigenvalue weighted by Crippen LogP contribution is 2.31. The molecule has 28 heavy (non-hydrogen) atoms. The molecule has 8 heteroatoms. The van der Waals surface area contributed by atoms with Crippen molar-refractivity contribution >= 4 is 17.6 Å². The number of hydrogen-bond donors (Lipinski definition) is 1. The lowest BCUT2D eigenvalue weighted by Crippen LogP contribution is -2.52. The van der Waals surface area contributed by atoms with Crippen LogP contribution < -0.4 is 10.1 Å². The van der Waals surface area contributed by atoms with Crippen molar-refractivity contribution in [2.24, 2.45) is 0 Å². The SMILES string of the molecule is COc1ccccc1-c1noc(C2CN(C(=O)NCc3ccc(Cl)cc3)C2)n1. The van der Waals surface area contributed by atoms with E-state index >= 15 is 0 Å². The lowest BCUT2D eigenvalue weighted by atomic mass is 10.0. The first kappa shape index (κ1) is 18.3. The first-order valence-corrected chi connectivity index (χ1v) is 9.26. The fourth-order valence-corrected chi connectivity index (χ4v) is 3.16. The molecule has 3 aromatic rings. The molecule has 144 valence electrons. The largest absolute Gasteiger partial charge is 0.496 e. The van der Waals surface area contributed by atoms with Gasteiger partial charge in [0.05, 0.1) is 18.6 Å². The highest BCUT2D eigenvalue weighted by Gasteiger charge is 2.35. The van der Waals surface area contributed by atoms with Crippen LogP contribution in [0, 0.1) is 0 Å². The molecule has 0 aliphatic carbocycles. The number of urea groups is 1. The lowest BCUT2D eigenvalue weighted by Gasteiger charge is -2.36. The van der Waals surface area contributed by atoms with E-state index < -0.39 is 0 Å². The number of ether oxygens (including phenoxy) is 1. The minimum absolute atomic E-state index is 0.0391. The Morgan fingerprint density at radius 3 is 2.75 bits per heavy atom. The Morgan fingerprint density at radius 1 is 1.25 bits per heavy atom. The van der Waals surface area contributed by atoms with Crippen LogP contribution in [-0.2, 0) is 6.54 Å². The fraction of sp³-hybridized carbons (Fsp3) is 0.250. The molecule has 1 aliphatic heterocycles. The summed E-state index contributed by atoms with van der Waals surface area (Å²) in [5.74, 6) is 1.74. The minimum atomic E-state index is -0.115. The van der Waals surface area contributed by atoms with Crippen molar-refractivity contribution in [3.63, 3.8) is 0 Å². The maximum Gasteiger partial charge on any atom is 0.317 e. The van der Waals surface area contributed by atoms with Gasteiger partial charge in [-0.1, -0.05) is 41.0 Å². The predicted molar refractivity (Wildman–Crippen MR) is 104 cm³/mol. The molecule has 0 radical (unpaired) electrons. The molecule has 0 unspecified atom stereocenters. The molecule has 1 fully saturated rings. The van der Waals surface area contributed by atoms with Crippen LogP contribution in [0.1, 0.15) is 17.4 Å². The number of carbonyl (C=O) groups is 1. The number of rotatable bonds is 5. The molecule has 2 amide bonds.